The summed E-state index contributed by atoms with van der Waals surface area (Å²) in [6, 6.07) is 4.56. The highest BCUT2D eigenvalue weighted by atomic mass is 32.2. The quantitative estimate of drug-likeness (QED) is 0.427. The first kappa shape index (κ1) is 27.1. The van der Waals surface area contributed by atoms with Gasteiger partial charge < -0.3 is 9.64 Å². The lowest BCUT2D eigenvalue weighted by Gasteiger charge is -2.36. The van der Waals surface area contributed by atoms with Gasteiger partial charge in [0.2, 0.25) is 15.8 Å². The number of anilines is 1. The summed E-state index contributed by atoms with van der Waals surface area (Å²) in [7, 11) is -3.47. The molecule has 0 saturated carbocycles. The molecular formula is C26H26F4N4O4S. The van der Waals surface area contributed by atoms with Crippen molar-refractivity contribution in [1.82, 2.24) is 14.1 Å². The van der Waals surface area contributed by atoms with E-state index in [1.54, 1.807) is 18.7 Å². The highest BCUT2D eigenvalue weighted by Crippen LogP contribution is 2.32. The maximum absolute atomic E-state index is 14.4. The molecular weight excluding hydrogens is 540 g/mol. The molecule has 0 amide bonds. The number of nitrogens with zero attached hydrogens (tertiary/aromatic N) is 4. The number of hydrogen-bond donors (Lipinski definition) is 0. The summed E-state index contributed by atoms with van der Waals surface area (Å²) in [5.74, 6) is -3.43. The normalized spacial score (nSPS) is 18.0. The molecule has 0 N–H and O–H groups in total. The van der Waals surface area contributed by atoms with E-state index in [0.717, 1.165) is 22.9 Å². The van der Waals surface area contributed by atoms with Crippen molar-refractivity contribution in [1.29, 1.82) is 0 Å². The van der Waals surface area contributed by atoms with E-state index in [2.05, 4.69) is 5.10 Å². The van der Waals surface area contributed by atoms with Crippen LogP contribution in [0.25, 0.3) is 5.69 Å². The van der Waals surface area contributed by atoms with Crippen molar-refractivity contribution in [3.05, 3.63) is 81.3 Å². The number of hydrogen-bond acceptors (Lipinski definition) is 6. The van der Waals surface area contributed by atoms with E-state index in [1.807, 2.05) is 0 Å². The number of sulfonamides is 1. The maximum Gasteiger partial charge on any atom is 0.316 e. The van der Waals surface area contributed by atoms with Crippen LogP contribution >= 0.6 is 0 Å². The second kappa shape index (κ2) is 10.3. The van der Waals surface area contributed by atoms with Crippen LogP contribution in [0.1, 0.15) is 25.0 Å². The number of fused-ring (bicyclic) bond motifs is 1. The molecule has 0 bridgehead atoms. The van der Waals surface area contributed by atoms with Crippen molar-refractivity contribution < 1.29 is 30.7 Å². The van der Waals surface area contributed by atoms with Gasteiger partial charge in [-0.2, -0.15) is 14.1 Å². The lowest BCUT2D eigenvalue weighted by molar-refractivity contribution is 0.209. The Balaban J connectivity index is 1.50. The van der Waals surface area contributed by atoms with Crippen molar-refractivity contribution in [2.45, 2.75) is 38.0 Å². The topological polar surface area (TPSA) is 84.7 Å². The van der Waals surface area contributed by atoms with Gasteiger partial charge in [0.25, 0.3) is 0 Å². The van der Waals surface area contributed by atoms with Crippen LogP contribution in [0.2, 0.25) is 0 Å². The van der Waals surface area contributed by atoms with E-state index < -0.39 is 50.2 Å². The van der Waals surface area contributed by atoms with Crippen molar-refractivity contribution in [2.75, 3.05) is 31.1 Å². The molecule has 8 nitrogen and oxygen atoms in total. The molecule has 1 atom stereocenters. The summed E-state index contributed by atoms with van der Waals surface area (Å²) in [4.78, 5) is 15.4. The molecule has 3 aromatic rings. The van der Waals surface area contributed by atoms with E-state index in [-0.39, 0.29) is 61.7 Å². The van der Waals surface area contributed by atoms with Gasteiger partial charge in [-0.05, 0) is 43.2 Å². The van der Waals surface area contributed by atoms with E-state index >= 15 is 0 Å². The van der Waals surface area contributed by atoms with E-state index in [4.69, 9.17) is 4.74 Å². The first-order chi connectivity index (χ1) is 18.4. The SMILES string of the molecule is CC(C)S(=O)(=O)N1CCN(c2cnn(-c3cc(F)cc(F)c3)c(=O)c2OC2Cc3cc(F)cc(F)c3C2)CC1. The summed E-state index contributed by atoms with van der Waals surface area (Å²) in [6.45, 7) is 3.98. The van der Waals surface area contributed by atoms with Crippen LogP contribution in [0.15, 0.2) is 41.3 Å². The first-order valence-corrected chi connectivity index (χ1v) is 13.9. The predicted molar refractivity (Wildman–Crippen MR) is 136 cm³/mol. The molecule has 13 heteroatoms. The standard InChI is InChI=1S/C26H26F4N4O4S/c1-15(2)39(36,37)33-5-3-32(4-6-33)24-14-31-34(20-10-18(28)9-19(29)11-20)26(35)25(24)38-21-8-16-7-17(27)12-23(30)22(16)13-21/h7,9-12,14-15,21H,3-6,8,13H2,1-2H3. The number of rotatable bonds is 6. The molecule has 1 fully saturated rings. The fourth-order valence-electron chi connectivity index (χ4n) is 4.96. The fourth-order valence-corrected chi connectivity index (χ4v) is 6.22. The maximum atomic E-state index is 14.4. The first-order valence-electron chi connectivity index (χ1n) is 12.4. The third-order valence-corrected chi connectivity index (χ3v) is 9.23. The third kappa shape index (κ3) is 5.24. The number of halogens is 4. The van der Waals surface area contributed by atoms with Gasteiger partial charge in [0.1, 0.15) is 35.1 Å². The molecule has 1 aromatic heterocycles. The molecule has 1 aliphatic carbocycles. The zero-order valence-corrected chi connectivity index (χ0v) is 22.0. The van der Waals surface area contributed by atoms with Gasteiger partial charge in [0.15, 0.2) is 0 Å². The Bertz CT molecular complexity index is 1570. The van der Waals surface area contributed by atoms with Gasteiger partial charge in [-0.25, -0.2) is 26.0 Å². The molecule has 5 rings (SSSR count). The van der Waals surface area contributed by atoms with Gasteiger partial charge in [-0.3, -0.25) is 4.79 Å². The van der Waals surface area contributed by atoms with Crippen LogP contribution in [0.4, 0.5) is 23.2 Å². The van der Waals surface area contributed by atoms with Crippen molar-refractivity contribution >= 4 is 15.7 Å². The van der Waals surface area contributed by atoms with Crippen LogP contribution in [-0.2, 0) is 22.9 Å². The zero-order chi connectivity index (χ0) is 28.1. The minimum absolute atomic E-state index is 0.0810. The van der Waals surface area contributed by atoms with E-state index in [0.29, 0.717) is 11.6 Å². The minimum Gasteiger partial charge on any atom is -0.482 e. The Morgan fingerprint density at radius 3 is 2.21 bits per heavy atom. The Morgan fingerprint density at radius 2 is 1.56 bits per heavy atom. The van der Waals surface area contributed by atoms with Crippen molar-refractivity contribution in [2.24, 2.45) is 0 Å². The summed E-state index contributed by atoms with van der Waals surface area (Å²) < 4.78 is 89.4. The molecule has 2 aliphatic rings. The Kier molecular flexibility index (Phi) is 7.14. The van der Waals surface area contributed by atoms with Gasteiger partial charge in [0, 0.05) is 51.2 Å². The molecule has 2 aromatic carbocycles. The Hall–Kier alpha value is -3.45. The molecule has 39 heavy (non-hydrogen) atoms. The summed E-state index contributed by atoms with van der Waals surface area (Å²) in [6.07, 6.45) is 0.817. The lowest BCUT2D eigenvalue weighted by Crippen LogP contribution is -2.50. The third-order valence-electron chi connectivity index (χ3n) is 6.96. The van der Waals surface area contributed by atoms with Crippen LogP contribution in [0, 0.1) is 23.3 Å². The molecule has 208 valence electrons. The average Bonchev–Trinajstić information content (AvgIpc) is 3.27. The molecule has 2 heterocycles. The largest absolute Gasteiger partial charge is 0.482 e. The van der Waals surface area contributed by atoms with Gasteiger partial charge >= 0.3 is 5.56 Å². The van der Waals surface area contributed by atoms with Crippen molar-refractivity contribution in [3.8, 4) is 11.4 Å². The smallest absolute Gasteiger partial charge is 0.316 e. The Labute approximate surface area is 222 Å². The zero-order valence-electron chi connectivity index (χ0n) is 21.2. The number of benzene rings is 2. The molecule has 1 unspecified atom stereocenters. The van der Waals surface area contributed by atoms with Gasteiger partial charge in [0.05, 0.1) is 17.1 Å². The van der Waals surface area contributed by atoms with Gasteiger partial charge in [-0.1, -0.05) is 0 Å². The van der Waals surface area contributed by atoms with Crippen LogP contribution in [0.5, 0.6) is 5.75 Å². The predicted octanol–water partition coefficient (Wildman–Crippen LogP) is 3.20. The molecule has 1 saturated heterocycles. The fraction of sp³-hybridized carbons (Fsp3) is 0.385. The number of aromatic nitrogens is 2. The number of piperazine rings is 1. The van der Waals surface area contributed by atoms with Crippen molar-refractivity contribution in [3.63, 3.8) is 0 Å². The minimum atomic E-state index is -3.47. The van der Waals surface area contributed by atoms with Crippen LogP contribution in [-0.4, -0.2) is 60.0 Å². The average molecular weight is 567 g/mol. The molecule has 0 spiro atoms. The summed E-state index contributed by atoms with van der Waals surface area (Å²) in [5, 5.41) is 3.52. The molecule has 0 radical (unpaired) electrons. The lowest BCUT2D eigenvalue weighted by atomic mass is 10.1. The summed E-state index contributed by atoms with van der Waals surface area (Å²) in [5.41, 5.74) is 0.00409. The van der Waals surface area contributed by atoms with E-state index in [1.165, 1.54) is 16.6 Å². The molecule has 1 aliphatic heterocycles. The second-order valence-corrected chi connectivity index (χ2v) is 12.3. The Morgan fingerprint density at radius 1 is 0.923 bits per heavy atom. The van der Waals surface area contributed by atoms with Gasteiger partial charge in [-0.15, -0.1) is 0 Å². The highest BCUT2D eigenvalue weighted by Gasteiger charge is 2.33. The van der Waals surface area contributed by atoms with E-state index in [9.17, 15) is 30.8 Å². The number of ether oxygens (including phenoxy) is 1. The van der Waals surface area contributed by atoms with Crippen LogP contribution in [0.3, 0.4) is 0 Å². The highest BCUT2D eigenvalue weighted by molar-refractivity contribution is 7.89. The second-order valence-electron chi connectivity index (χ2n) is 9.86. The summed E-state index contributed by atoms with van der Waals surface area (Å²) >= 11 is 0. The van der Waals surface area contributed by atoms with Crippen LogP contribution < -0.4 is 15.2 Å². The monoisotopic (exact) mass is 566 g/mol.